The van der Waals surface area contributed by atoms with E-state index in [-0.39, 0.29) is 5.54 Å². The number of thiazole rings is 1. The number of nitrogens with one attached hydrogen (secondary N) is 1. The minimum absolute atomic E-state index is 0.183. The van der Waals surface area contributed by atoms with E-state index < -0.39 is 0 Å². The molecule has 2 unspecified atom stereocenters. The molecule has 1 saturated carbocycles. The molecule has 3 heteroatoms. The fourth-order valence-electron chi connectivity index (χ4n) is 3.90. The van der Waals surface area contributed by atoms with Crippen molar-refractivity contribution in [1.29, 1.82) is 0 Å². The molecule has 118 valence electrons. The highest BCUT2D eigenvalue weighted by atomic mass is 32.1. The summed E-state index contributed by atoms with van der Waals surface area (Å²) < 4.78 is 0. The summed E-state index contributed by atoms with van der Waals surface area (Å²) in [6, 6.07) is 0. The van der Waals surface area contributed by atoms with Gasteiger partial charge in [0, 0.05) is 4.88 Å². The van der Waals surface area contributed by atoms with Crippen LogP contribution in [0, 0.1) is 5.92 Å². The van der Waals surface area contributed by atoms with Gasteiger partial charge in [0.1, 0.15) is 5.01 Å². The first-order valence-electron chi connectivity index (χ1n) is 8.97. The first kappa shape index (κ1) is 15.5. The molecule has 0 aromatic carbocycles. The molecule has 21 heavy (non-hydrogen) atoms. The molecule has 0 spiro atoms. The quantitative estimate of drug-likeness (QED) is 0.807. The fourth-order valence-corrected chi connectivity index (χ4v) is 5.27. The molecule has 0 radical (unpaired) electrons. The predicted octanol–water partition coefficient (Wildman–Crippen LogP) is 4.82. The molecule has 2 atom stereocenters. The van der Waals surface area contributed by atoms with Crippen molar-refractivity contribution < 1.29 is 0 Å². The first-order chi connectivity index (χ1) is 10.2. The third-order valence-corrected chi connectivity index (χ3v) is 6.69. The van der Waals surface area contributed by atoms with Gasteiger partial charge in [-0.25, -0.2) is 4.98 Å². The lowest BCUT2D eigenvalue weighted by atomic mass is 9.90. The molecule has 0 amide bonds. The van der Waals surface area contributed by atoms with Gasteiger partial charge in [-0.2, -0.15) is 0 Å². The standard InChI is InChI=1S/C18H30N2S/c1-3-13-19-18(11-6-7-14(2)10-12-18)17-20-15-8-4-5-9-16(15)21-17/h14,19H,3-13H2,1-2H3. The molecule has 2 aliphatic carbocycles. The van der Waals surface area contributed by atoms with Crippen LogP contribution in [0.5, 0.6) is 0 Å². The highest BCUT2D eigenvalue weighted by molar-refractivity contribution is 7.11. The Labute approximate surface area is 133 Å². The van der Waals surface area contributed by atoms with Crippen LogP contribution in [0.2, 0.25) is 0 Å². The smallest absolute Gasteiger partial charge is 0.113 e. The lowest BCUT2D eigenvalue weighted by molar-refractivity contribution is 0.286. The van der Waals surface area contributed by atoms with Gasteiger partial charge in [-0.15, -0.1) is 11.3 Å². The van der Waals surface area contributed by atoms with E-state index in [4.69, 9.17) is 4.98 Å². The highest BCUT2D eigenvalue weighted by Gasteiger charge is 2.37. The van der Waals surface area contributed by atoms with Gasteiger partial charge in [0.15, 0.2) is 0 Å². The Morgan fingerprint density at radius 1 is 1.19 bits per heavy atom. The highest BCUT2D eigenvalue weighted by Crippen LogP contribution is 2.41. The molecule has 2 nitrogen and oxygen atoms in total. The number of aryl methyl sites for hydroxylation is 2. The van der Waals surface area contributed by atoms with Gasteiger partial charge in [0.25, 0.3) is 0 Å². The third-order valence-electron chi connectivity index (χ3n) is 5.33. The summed E-state index contributed by atoms with van der Waals surface area (Å²) in [7, 11) is 0. The second-order valence-corrected chi connectivity index (χ2v) is 8.22. The van der Waals surface area contributed by atoms with Crippen molar-refractivity contribution in [2.24, 2.45) is 5.92 Å². The minimum atomic E-state index is 0.183. The van der Waals surface area contributed by atoms with Crippen molar-refractivity contribution in [3.05, 3.63) is 15.6 Å². The molecule has 1 aromatic rings. The van der Waals surface area contributed by atoms with Crippen molar-refractivity contribution >= 4 is 11.3 Å². The Balaban J connectivity index is 1.88. The van der Waals surface area contributed by atoms with Crippen LogP contribution >= 0.6 is 11.3 Å². The number of nitrogens with zero attached hydrogens (tertiary/aromatic N) is 1. The average molecular weight is 307 g/mol. The van der Waals surface area contributed by atoms with Crippen LogP contribution in [0.1, 0.15) is 80.8 Å². The zero-order valence-electron chi connectivity index (χ0n) is 13.7. The van der Waals surface area contributed by atoms with Gasteiger partial charge in [0.05, 0.1) is 11.2 Å². The van der Waals surface area contributed by atoms with Crippen molar-refractivity contribution in [3.63, 3.8) is 0 Å². The summed E-state index contributed by atoms with van der Waals surface area (Å²) in [5.41, 5.74) is 1.61. The molecule has 3 rings (SSSR count). The van der Waals surface area contributed by atoms with Crippen molar-refractivity contribution in [3.8, 4) is 0 Å². The SMILES string of the molecule is CCCNC1(c2nc3c(s2)CCCC3)CCCC(C)CC1. The molecule has 1 aromatic heterocycles. The fraction of sp³-hybridized carbons (Fsp3) is 0.833. The van der Waals surface area contributed by atoms with Gasteiger partial charge < -0.3 is 5.32 Å². The Kier molecular flexibility index (Phi) is 5.00. The molecule has 1 fully saturated rings. The van der Waals surface area contributed by atoms with Crippen molar-refractivity contribution in [1.82, 2.24) is 10.3 Å². The first-order valence-corrected chi connectivity index (χ1v) is 9.79. The maximum Gasteiger partial charge on any atom is 0.113 e. The minimum Gasteiger partial charge on any atom is -0.305 e. The Morgan fingerprint density at radius 3 is 2.86 bits per heavy atom. The van der Waals surface area contributed by atoms with Crippen LogP contribution in [0.3, 0.4) is 0 Å². The van der Waals surface area contributed by atoms with Crippen molar-refractivity contribution in [2.45, 2.75) is 83.6 Å². The van der Waals surface area contributed by atoms with Gasteiger partial charge in [-0.3, -0.25) is 0 Å². The third kappa shape index (κ3) is 3.34. The van der Waals surface area contributed by atoms with Crippen LogP contribution in [0.15, 0.2) is 0 Å². The lowest BCUT2D eigenvalue weighted by Crippen LogP contribution is -2.42. The number of rotatable bonds is 4. The molecule has 1 heterocycles. The van der Waals surface area contributed by atoms with Crippen LogP contribution in [-0.4, -0.2) is 11.5 Å². The van der Waals surface area contributed by atoms with Crippen LogP contribution in [0.4, 0.5) is 0 Å². The van der Waals surface area contributed by atoms with Crippen LogP contribution < -0.4 is 5.32 Å². The summed E-state index contributed by atoms with van der Waals surface area (Å²) in [4.78, 5) is 6.71. The van der Waals surface area contributed by atoms with Gasteiger partial charge in [-0.1, -0.05) is 26.7 Å². The Hall–Kier alpha value is -0.410. The summed E-state index contributed by atoms with van der Waals surface area (Å²) in [5.74, 6) is 0.880. The number of fused-ring (bicyclic) bond motifs is 1. The predicted molar refractivity (Wildman–Crippen MR) is 91.0 cm³/mol. The second kappa shape index (κ2) is 6.78. The number of hydrogen-bond acceptors (Lipinski definition) is 3. The van der Waals surface area contributed by atoms with E-state index in [1.165, 1.54) is 74.9 Å². The second-order valence-electron chi connectivity index (χ2n) is 7.14. The zero-order chi connectivity index (χ0) is 14.7. The van der Waals surface area contributed by atoms with E-state index in [1.54, 1.807) is 4.88 Å². The molecule has 2 aliphatic rings. The largest absolute Gasteiger partial charge is 0.305 e. The summed E-state index contributed by atoms with van der Waals surface area (Å²) >= 11 is 2.03. The van der Waals surface area contributed by atoms with E-state index in [1.807, 2.05) is 11.3 Å². The zero-order valence-corrected chi connectivity index (χ0v) is 14.5. The summed E-state index contributed by atoms with van der Waals surface area (Å²) in [5, 5.41) is 5.33. The molecular formula is C18H30N2S. The average Bonchev–Trinajstić information content (AvgIpc) is 2.85. The van der Waals surface area contributed by atoms with Gasteiger partial charge >= 0.3 is 0 Å². The van der Waals surface area contributed by atoms with E-state index in [0.717, 1.165) is 12.5 Å². The summed E-state index contributed by atoms with van der Waals surface area (Å²) in [6.45, 7) is 5.81. The van der Waals surface area contributed by atoms with Gasteiger partial charge in [0.2, 0.25) is 0 Å². The molecule has 0 bridgehead atoms. The normalized spacial score (nSPS) is 29.9. The molecule has 1 N–H and O–H groups in total. The molecule has 0 aliphatic heterocycles. The Bertz CT molecular complexity index is 440. The Morgan fingerprint density at radius 2 is 2.05 bits per heavy atom. The van der Waals surface area contributed by atoms with Crippen molar-refractivity contribution in [2.75, 3.05) is 6.54 Å². The topological polar surface area (TPSA) is 24.9 Å². The van der Waals surface area contributed by atoms with Crippen LogP contribution in [0.25, 0.3) is 0 Å². The van der Waals surface area contributed by atoms with E-state index in [0.29, 0.717) is 0 Å². The van der Waals surface area contributed by atoms with Gasteiger partial charge in [-0.05, 0) is 63.8 Å². The maximum atomic E-state index is 5.12. The van der Waals surface area contributed by atoms with Crippen LogP contribution in [-0.2, 0) is 18.4 Å². The van der Waals surface area contributed by atoms with E-state index in [9.17, 15) is 0 Å². The maximum absolute atomic E-state index is 5.12. The number of hydrogen-bond donors (Lipinski definition) is 1. The van der Waals surface area contributed by atoms with E-state index in [2.05, 4.69) is 19.2 Å². The summed E-state index contributed by atoms with van der Waals surface area (Å²) in [6.07, 6.45) is 13.0. The molecular weight excluding hydrogens is 276 g/mol. The number of aromatic nitrogens is 1. The van der Waals surface area contributed by atoms with E-state index >= 15 is 0 Å². The lowest BCUT2D eigenvalue weighted by Gasteiger charge is -2.32. The molecule has 0 saturated heterocycles. The monoisotopic (exact) mass is 306 g/mol.